The SMILES string of the molecule is Cc1ccc(/C=N/Nc2nc(-c3ccccc3)cc(=O)[nH]2)cc1. The summed E-state index contributed by atoms with van der Waals surface area (Å²) in [5.41, 5.74) is 6.16. The van der Waals surface area contributed by atoms with Crippen LogP contribution in [-0.2, 0) is 0 Å². The minimum Gasteiger partial charge on any atom is -0.291 e. The van der Waals surface area contributed by atoms with Crippen molar-refractivity contribution in [1.29, 1.82) is 0 Å². The van der Waals surface area contributed by atoms with Gasteiger partial charge in [0.2, 0.25) is 5.95 Å². The van der Waals surface area contributed by atoms with Gasteiger partial charge in [-0.15, -0.1) is 0 Å². The van der Waals surface area contributed by atoms with Gasteiger partial charge in [-0.25, -0.2) is 10.4 Å². The second-order valence-corrected chi connectivity index (χ2v) is 5.13. The fraction of sp³-hybridized carbons (Fsp3) is 0.0556. The van der Waals surface area contributed by atoms with Crippen LogP contribution in [-0.4, -0.2) is 16.2 Å². The molecule has 0 atom stereocenters. The Morgan fingerprint density at radius 1 is 1.09 bits per heavy atom. The number of rotatable bonds is 4. The highest BCUT2D eigenvalue weighted by Gasteiger charge is 2.02. The normalized spacial score (nSPS) is 10.8. The number of H-pyrrole nitrogens is 1. The van der Waals surface area contributed by atoms with E-state index in [2.05, 4.69) is 20.5 Å². The zero-order valence-electron chi connectivity index (χ0n) is 12.7. The molecule has 0 amide bonds. The summed E-state index contributed by atoms with van der Waals surface area (Å²) >= 11 is 0. The molecule has 5 heteroatoms. The van der Waals surface area contributed by atoms with Crippen LogP contribution in [0.1, 0.15) is 11.1 Å². The third-order valence-corrected chi connectivity index (χ3v) is 3.27. The highest BCUT2D eigenvalue weighted by Crippen LogP contribution is 2.15. The molecule has 0 saturated heterocycles. The fourth-order valence-corrected chi connectivity index (χ4v) is 2.09. The van der Waals surface area contributed by atoms with Gasteiger partial charge in [0.25, 0.3) is 5.56 Å². The van der Waals surface area contributed by atoms with E-state index in [-0.39, 0.29) is 5.56 Å². The first-order valence-corrected chi connectivity index (χ1v) is 7.23. The molecule has 0 aliphatic carbocycles. The predicted molar refractivity (Wildman–Crippen MR) is 92.7 cm³/mol. The molecule has 3 rings (SSSR count). The molecule has 0 aliphatic heterocycles. The van der Waals surface area contributed by atoms with E-state index in [1.54, 1.807) is 6.21 Å². The minimum atomic E-state index is -0.230. The molecule has 1 heterocycles. The molecule has 2 aromatic carbocycles. The highest BCUT2D eigenvalue weighted by atomic mass is 16.1. The van der Waals surface area contributed by atoms with E-state index in [9.17, 15) is 4.79 Å². The van der Waals surface area contributed by atoms with E-state index in [0.29, 0.717) is 11.6 Å². The van der Waals surface area contributed by atoms with Crippen LogP contribution >= 0.6 is 0 Å². The van der Waals surface area contributed by atoms with Crippen molar-refractivity contribution < 1.29 is 0 Å². The molecule has 0 spiro atoms. The number of hydrogen-bond acceptors (Lipinski definition) is 4. The highest BCUT2D eigenvalue weighted by molar-refractivity contribution is 5.80. The van der Waals surface area contributed by atoms with Crippen molar-refractivity contribution in [2.75, 3.05) is 5.43 Å². The van der Waals surface area contributed by atoms with Crippen molar-refractivity contribution in [3.05, 3.63) is 82.1 Å². The monoisotopic (exact) mass is 304 g/mol. The predicted octanol–water partition coefficient (Wildman–Crippen LogP) is 3.19. The van der Waals surface area contributed by atoms with E-state index in [0.717, 1.165) is 11.1 Å². The molecule has 23 heavy (non-hydrogen) atoms. The third kappa shape index (κ3) is 3.91. The van der Waals surface area contributed by atoms with Gasteiger partial charge >= 0.3 is 0 Å². The zero-order valence-corrected chi connectivity index (χ0v) is 12.7. The van der Waals surface area contributed by atoms with Gasteiger partial charge in [-0.2, -0.15) is 5.10 Å². The summed E-state index contributed by atoms with van der Waals surface area (Å²) in [5, 5.41) is 4.11. The lowest BCUT2D eigenvalue weighted by molar-refractivity contribution is 1.09. The Balaban J connectivity index is 1.79. The Kier molecular flexibility index (Phi) is 4.29. The molecule has 0 unspecified atom stereocenters. The lowest BCUT2D eigenvalue weighted by atomic mass is 10.1. The summed E-state index contributed by atoms with van der Waals surface area (Å²) < 4.78 is 0. The van der Waals surface area contributed by atoms with Gasteiger partial charge in [0, 0.05) is 11.6 Å². The fourth-order valence-electron chi connectivity index (χ4n) is 2.09. The maximum atomic E-state index is 11.8. The number of benzene rings is 2. The number of hydrogen-bond donors (Lipinski definition) is 2. The molecule has 0 radical (unpaired) electrons. The molecule has 114 valence electrons. The van der Waals surface area contributed by atoms with Crippen LogP contribution in [0.15, 0.2) is 70.6 Å². The van der Waals surface area contributed by atoms with Gasteiger partial charge in [-0.3, -0.25) is 9.78 Å². The van der Waals surface area contributed by atoms with E-state index in [1.807, 2.05) is 61.5 Å². The molecule has 0 saturated carbocycles. The first-order chi connectivity index (χ1) is 11.2. The van der Waals surface area contributed by atoms with E-state index < -0.39 is 0 Å². The lowest BCUT2D eigenvalue weighted by Gasteiger charge is -2.03. The Bertz CT molecular complexity index is 868. The molecule has 0 bridgehead atoms. The maximum Gasteiger partial charge on any atom is 0.252 e. The molecule has 1 aromatic heterocycles. The molecular formula is C18H16N4O. The average Bonchev–Trinajstić information content (AvgIpc) is 2.57. The molecule has 2 N–H and O–H groups in total. The number of nitrogens with one attached hydrogen (secondary N) is 2. The van der Waals surface area contributed by atoms with Crippen LogP contribution in [0.25, 0.3) is 11.3 Å². The number of hydrazone groups is 1. The van der Waals surface area contributed by atoms with Gasteiger partial charge in [0.1, 0.15) is 0 Å². The number of aromatic amines is 1. The maximum absolute atomic E-state index is 11.8. The second kappa shape index (κ2) is 6.70. The van der Waals surface area contributed by atoms with Crippen LogP contribution in [0, 0.1) is 6.92 Å². The average molecular weight is 304 g/mol. The van der Waals surface area contributed by atoms with Gasteiger partial charge in [-0.1, -0.05) is 60.2 Å². The van der Waals surface area contributed by atoms with Crippen molar-refractivity contribution in [1.82, 2.24) is 9.97 Å². The number of aromatic nitrogens is 2. The Labute approximate surface area is 133 Å². The summed E-state index contributed by atoms with van der Waals surface area (Å²) in [6.07, 6.45) is 1.68. The molecule has 0 aliphatic rings. The van der Waals surface area contributed by atoms with Gasteiger partial charge < -0.3 is 0 Å². The second-order valence-electron chi connectivity index (χ2n) is 5.13. The first-order valence-electron chi connectivity index (χ1n) is 7.23. The van der Waals surface area contributed by atoms with E-state index >= 15 is 0 Å². The van der Waals surface area contributed by atoms with Crippen molar-refractivity contribution in [2.45, 2.75) is 6.92 Å². The number of anilines is 1. The van der Waals surface area contributed by atoms with Crippen LogP contribution < -0.4 is 11.0 Å². The Morgan fingerprint density at radius 2 is 1.83 bits per heavy atom. The number of aryl methyl sites for hydroxylation is 1. The molecule has 0 fully saturated rings. The summed E-state index contributed by atoms with van der Waals surface area (Å²) in [6.45, 7) is 2.03. The minimum absolute atomic E-state index is 0.230. The largest absolute Gasteiger partial charge is 0.291 e. The van der Waals surface area contributed by atoms with Crippen LogP contribution in [0.5, 0.6) is 0 Å². The summed E-state index contributed by atoms with van der Waals surface area (Å²) in [5.74, 6) is 0.305. The summed E-state index contributed by atoms with van der Waals surface area (Å²) in [4.78, 5) is 18.8. The third-order valence-electron chi connectivity index (χ3n) is 3.27. The van der Waals surface area contributed by atoms with Crippen LogP contribution in [0.2, 0.25) is 0 Å². The van der Waals surface area contributed by atoms with Gasteiger partial charge in [-0.05, 0) is 12.5 Å². The van der Waals surface area contributed by atoms with Crippen LogP contribution in [0.4, 0.5) is 5.95 Å². The topological polar surface area (TPSA) is 70.1 Å². The van der Waals surface area contributed by atoms with Crippen molar-refractivity contribution in [3.63, 3.8) is 0 Å². The number of nitrogens with zero attached hydrogens (tertiary/aromatic N) is 2. The van der Waals surface area contributed by atoms with Gasteiger partial charge in [0.15, 0.2) is 0 Å². The molecular weight excluding hydrogens is 288 g/mol. The lowest BCUT2D eigenvalue weighted by Crippen LogP contribution is -2.10. The zero-order chi connectivity index (χ0) is 16.1. The van der Waals surface area contributed by atoms with Crippen molar-refractivity contribution in [3.8, 4) is 11.3 Å². The molecule has 3 aromatic rings. The van der Waals surface area contributed by atoms with Crippen molar-refractivity contribution >= 4 is 12.2 Å². The summed E-state index contributed by atoms with van der Waals surface area (Å²) in [7, 11) is 0. The molecule has 5 nitrogen and oxygen atoms in total. The van der Waals surface area contributed by atoms with Gasteiger partial charge in [0.05, 0.1) is 11.9 Å². The smallest absolute Gasteiger partial charge is 0.252 e. The Hall–Kier alpha value is -3.21. The quantitative estimate of drug-likeness (QED) is 0.574. The van der Waals surface area contributed by atoms with Crippen LogP contribution in [0.3, 0.4) is 0 Å². The first kappa shape index (κ1) is 14.7. The summed E-state index contributed by atoms with van der Waals surface area (Å²) in [6, 6.07) is 19.0. The van der Waals surface area contributed by atoms with E-state index in [1.165, 1.54) is 11.6 Å². The Morgan fingerprint density at radius 3 is 2.57 bits per heavy atom. The van der Waals surface area contributed by atoms with Crippen molar-refractivity contribution in [2.24, 2.45) is 5.10 Å². The standard InChI is InChI=1S/C18H16N4O/c1-13-7-9-14(10-8-13)12-19-22-18-20-16(11-17(23)21-18)15-5-3-2-4-6-15/h2-12H,1H3,(H2,20,21,22,23)/b19-12+. The van der Waals surface area contributed by atoms with E-state index in [4.69, 9.17) is 0 Å².